The van der Waals surface area contributed by atoms with Crippen LogP contribution in [0.2, 0.25) is 0 Å². The Labute approximate surface area is 127 Å². The van der Waals surface area contributed by atoms with Crippen molar-refractivity contribution < 1.29 is 13.5 Å². The Hall–Kier alpha value is -1.31. The van der Waals surface area contributed by atoms with Crippen molar-refractivity contribution in [3.05, 3.63) is 18.2 Å². The Balaban J connectivity index is 3.08. The summed E-state index contributed by atoms with van der Waals surface area (Å²) in [4.78, 5) is 0.172. The van der Waals surface area contributed by atoms with Gasteiger partial charge in [0.05, 0.1) is 22.9 Å². The van der Waals surface area contributed by atoms with E-state index in [-0.39, 0.29) is 17.5 Å². The normalized spacial score (nSPS) is 13.7. The van der Waals surface area contributed by atoms with Gasteiger partial charge in [-0.1, -0.05) is 13.8 Å². The average molecular weight is 315 g/mol. The zero-order valence-electron chi connectivity index (χ0n) is 13.0. The summed E-state index contributed by atoms with van der Waals surface area (Å²) in [6.07, 6.45) is 0.764. The van der Waals surface area contributed by atoms with E-state index in [4.69, 9.17) is 5.73 Å². The van der Waals surface area contributed by atoms with E-state index in [2.05, 4.69) is 19.2 Å². The lowest BCUT2D eigenvalue weighted by Gasteiger charge is -2.21. The lowest BCUT2D eigenvalue weighted by molar-refractivity contribution is 0.259. The first kappa shape index (κ1) is 17.7. The van der Waals surface area contributed by atoms with Gasteiger partial charge in [-0.25, -0.2) is 12.7 Å². The number of nitrogens with one attached hydrogen (secondary N) is 1. The number of rotatable bonds is 7. The van der Waals surface area contributed by atoms with Crippen molar-refractivity contribution in [2.75, 3.05) is 31.8 Å². The molecule has 0 spiro atoms. The highest BCUT2D eigenvalue weighted by Crippen LogP contribution is 2.25. The maximum absolute atomic E-state index is 12.1. The van der Waals surface area contributed by atoms with Crippen LogP contribution in [0, 0.1) is 5.92 Å². The highest BCUT2D eigenvalue weighted by atomic mass is 32.2. The number of hydrogen-bond acceptors (Lipinski definition) is 5. The zero-order chi connectivity index (χ0) is 16.2. The molecule has 0 aliphatic heterocycles. The third-order valence-corrected chi connectivity index (χ3v) is 4.95. The lowest BCUT2D eigenvalue weighted by atomic mass is 10.0. The van der Waals surface area contributed by atoms with Crippen LogP contribution in [0.25, 0.3) is 0 Å². The van der Waals surface area contributed by atoms with E-state index in [0.717, 1.165) is 10.7 Å². The Kier molecular flexibility index (Phi) is 6.00. The number of nitrogen functional groups attached to an aromatic ring is 1. The minimum absolute atomic E-state index is 0.0394. The molecule has 1 rings (SSSR count). The summed E-state index contributed by atoms with van der Waals surface area (Å²) in [5.74, 6) is 0.407. The smallest absolute Gasteiger partial charge is 0.242 e. The number of hydrogen-bond donors (Lipinski definition) is 3. The Morgan fingerprint density at radius 3 is 2.43 bits per heavy atom. The van der Waals surface area contributed by atoms with E-state index in [1.54, 1.807) is 6.07 Å². The quantitative estimate of drug-likeness (QED) is 0.660. The molecule has 0 bridgehead atoms. The Morgan fingerprint density at radius 2 is 1.95 bits per heavy atom. The van der Waals surface area contributed by atoms with Crippen molar-refractivity contribution >= 4 is 21.4 Å². The van der Waals surface area contributed by atoms with Crippen LogP contribution in [0.5, 0.6) is 0 Å². The van der Waals surface area contributed by atoms with Gasteiger partial charge in [-0.15, -0.1) is 0 Å². The third kappa shape index (κ3) is 4.59. The minimum Gasteiger partial charge on any atom is -0.397 e. The topological polar surface area (TPSA) is 95.7 Å². The summed E-state index contributed by atoms with van der Waals surface area (Å²) < 4.78 is 25.4. The molecule has 0 amide bonds. The number of aliphatic hydroxyl groups excluding tert-OH is 1. The molecule has 1 unspecified atom stereocenters. The van der Waals surface area contributed by atoms with Crippen molar-refractivity contribution in [2.45, 2.75) is 31.2 Å². The van der Waals surface area contributed by atoms with Gasteiger partial charge in [0.15, 0.2) is 0 Å². The molecule has 7 heteroatoms. The van der Waals surface area contributed by atoms with E-state index < -0.39 is 10.0 Å². The molecule has 21 heavy (non-hydrogen) atoms. The fourth-order valence-corrected chi connectivity index (χ4v) is 2.93. The predicted octanol–water partition coefficient (Wildman–Crippen LogP) is 1.34. The second kappa shape index (κ2) is 7.11. The number of benzene rings is 1. The van der Waals surface area contributed by atoms with Crippen LogP contribution in [0.15, 0.2) is 23.1 Å². The number of sulfonamides is 1. The Bertz CT molecular complexity index is 571. The summed E-state index contributed by atoms with van der Waals surface area (Å²) in [7, 11) is -0.546. The standard InChI is InChI=1S/C14H25N3O3S/c1-10(2)7-11(9-18)16-14-8-12(5-6-13(14)15)21(19,20)17(3)4/h5-6,8,10-11,16,18H,7,9,15H2,1-4H3. The highest BCUT2D eigenvalue weighted by molar-refractivity contribution is 7.89. The molecule has 4 N–H and O–H groups in total. The van der Waals surface area contributed by atoms with Crippen LogP contribution >= 0.6 is 0 Å². The monoisotopic (exact) mass is 315 g/mol. The highest BCUT2D eigenvalue weighted by Gasteiger charge is 2.19. The number of nitrogens with two attached hydrogens (primary N) is 1. The molecule has 1 aromatic carbocycles. The third-order valence-electron chi connectivity index (χ3n) is 3.14. The van der Waals surface area contributed by atoms with E-state index in [1.165, 1.54) is 26.2 Å². The van der Waals surface area contributed by atoms with Crippen LogP contribution in [0.1, 0.15) is 20.3 Å². The molecule has 6 nitrogen and oxygen atoms in total. The molecule has 1 atom stereocenters. The molecule has 0 saturated carbocycles. The van der Waals surface area contributed by atoms with Gasteiger partial charge in [0.1, 0.15) is 0 Å². The summed E-state index contributed by atoms with van der Waals surface area (Å²) >= 11 is 0. The van der Waals surface area contributed by atoms with Crippen LogP contribution in [-0.2, 0) is 10.0 Å². The largest absolute Gasteiger partial charge is 0.397 e. The molecule has 0 aliphatic carbocycles. The SMILES string of the molecule is CC(C)CC(CO)Nc1cc(S(=O)(=O)N(C)C)ccc1N. The molecule has 0 aromatic heterocycles. The van der Waals surface area contributed by atoms with Gasteiger partial charge in [-0.05, 0) is 30.5 Å². The van der Waals surface area contributed by atoms with Gasteiger partial charge in [0.2, 0.25) is 10.0 Å². The van der Waals surface area contributed by atoms with Crippen LogP contribution in [0.4, 0.5) is 11.4 Å². The van der Waals surface area contributed by atoms with Gasteiger partial charge in [-0.2, -0.15) is 0 Å². The summed E-state index contributed by atoms with van der Waals surface area (Å²) in [5.41, 5.74) is 6.87. The predicted molar refractivity (Wildman–Crippen MR) is 85.7 cm³/mol. The van der Waals surface area contributed by atoms with Crippen molar-refractivity contribution in [3.63, 3.8) is 0 Å². The molecular weight excluding hydrogens is 290 g/mol. The van der Waals surface area contributed by atoms with Crippen molar-refractivity contribution in [3.8, 4) is 0 Å². The summed E-state index contributed by atoms with van der Waals surface area (Å²) in [5, 5.41) is 12.5. The van der Waals surface area contributed by atoms with Crippen molar-refractivity contribution in [2.24, 2.45) is 5.92 Å². The maximum atomic E-state index is 12.1. The maximum Gasteiger partial charge on any atom is 0.242 e. The van der Waals surface area contributed by atoms with Crippen LogP contribution in [-0.4, -0.2) is 44.6 Å². The molecule has 0 fully saturated rings. The lowest BCUT2D eigenvalue weighted by Crippen LogP contribution is -2.27. The van der Waals surface area contributed by atoms with E-state index in [0.29, 0.717) is 17.3 Å². The molecule has 0 aliphatic rings. The van der Waals surface area contributed by atoms with Gasteiger partial charge >= 0.3 is 0 Å². The van der Waals surface area contributed by atoms with E-state index >= 15 is 0 Å². The van der Waals surface area contributed by atoms with Gasteiger partial charge in [0.25, 0.3) is 0 Å². The number of nitrogens with zero attached hydrogens (tertiary/aromatic N) is 1. The molecule has 0 saturated heterocycles. The fraction of sp³-hybridized carbons (Fsp3) is 0.571. The van der Waals surface area contributed by atoms with Crippen molar-refractivity contribution in [1.82, 2.24) is 4.31 Å². The van der Waals surface area contributed by atoms with Gasteiger partial charge in [0, 0.05) is 20.1 Å². The van der Waals surface area contributed by atoms with Crippen LogP contribution in [0.3, 0.4) is 0 Å². The van der Waals surface area contributed by atoms with E-state index in [1.807, 2.05) is 0 Å². The number of anilines is 2. The fourth-order valence-electron chi connectivity index (χ4n) is 2.00. The summed E-state index contributed by atoms with van der Waals surface area (Å²) in [6, 6.07) is 4.38. The second-order valence-electron chi connectivity index (χ2n) is 5.69. The van der Waals surface area contributed by atoms with Crippen LogP contribution < -0.4 is 11.1 Å². The zero-order valence-corrected chi connectivity index (χ0v) is 13.8. The molecular formula is C14H25N3O3S. The minimum atomic E-state index is -3.51. The summed E-state index contributed by atoms with van der Waals surface area (Å²) in [6.45, 7) is 4.07. The van der Waals surface area contributed by atoms with Gasteiger partial charge < -0.3 is 16.2 Å². The number of aliphatic hydroxyl groups is 1. The average Bonchev–Trinajstić information content (AvgIpc) is 2.39. The molecule has 1 aromatic rings. The molecule has 0 heterocycles. The first-order valence-electron chi connectivity index (χ1n) is 6.88. The van der Waals surface area contributed by atoms with E-state index in [9.17, 15) is 13.5 Å². The van der Waals surface area contributed by atoms with Crippen molar-refractivity contribution in [1.29, 1.82) is 0 Å². The first-order chi connectivity index (χ1) is 9.68. The van der Waals surface area contributed by atoms with Gasteiger partial charge in [-0.3, -0.25) is 0 Å². The second-order valence-corrected chi connectivity index (χ2v) is 7.84. The molecule has 0 radical (unpaired) electrons. The first-order valence-corrected chi connectivity index (χ1v) is 8.32. The Morgan fingerprint density at radius 1 is 1.33 bits per heavy atom. The molecule has 120 valence electrons.